The van der Waals surface area contributed by atoms with E-state index in [4.69, 9.17) is 5.26 Å². The van der Waals surface area contributed by atoms with Crippen LogP contribution >= 0.6 is 0 Å². The van der Waals surface area contributed by atoms with Gasteiger partial charge < -0.3 is 0 Å². The number of hydrogen-bond acceptors (Lipinski definition) is 5. The maximum absolute atomic E-state index is 8.69. The van der Waals surface area contributed by atoms with Crippen LogP contribution in [0.25, 0.3) is 10.9 Å². The predicted octanol–water partition coefficient (Wildman–Crippen LogP) is 0.960. The van der Waals surface area contributed by atoms with Crippen LogP contribution < -0.4 is 0 Å². The Morgan fingerprint density at radius 2 is 2.14 bits per heavy atom. The van der Waals surface area contributed by atoms with E-state index in [0.717, 1.165) is 10.9 Å². The Bertz CT molecular complexity index is 608. The van der Waals surface area contributed by atoms with E-state index < -0.39 is 0 Å². The summed E-state index contributed by atoms with van der Waals surface area (Å²) in [6, 6.07) is 1.89. The Hall–Kier alpha value is -2.35. The van der Waals surface area contributed by atoms with Crippen LogP contribution in [0.5, 0.6) is 0 Å². The lowest BCUT2D eigenvalue weighted by Crippen LogP contribution is -1.91. The Balaban J connectivity index is 2.54. The molecule has 2 aromatic rings. The zero-order chi connectivity index (χ0) is 9.54. The Morgan fingerprint density at radius 3 is 3.00 bits per heavy atom. The van der Waals surface area contributed by atoms with Crippen LogP contribution in [0.2, 0.25) is 0 Å². The number of aromatic nitrogens is 3. The minimum atomic E-state index is 0.130. The molecule has 64 valence electrons. The number of nitriles is 1. The maximum atomic E-state index is 8.69. The lowest BCUT2D eigenvalue weighted by Gasteiger charge is -1.97. The van der Waals surface area contributed by atoms with Crippen molar-refractivity contribution in [2.45, 2.75) is 0 Å². The molecule has 0 unspecified atom stereocenters. The highest BCUT2D eigenvalue weighted by atomic mass is 15.0. The normalized spacial score (nSPS) is 11.9. The van der Waals surface area contributed by atoms with Gasteiger partial charge in [-0.05, 0) is 0 Å². The molecule has 1 aliphatic heterocycles. The first-order valence-electron chi connectivity index (χ1n) is 3.98. The molecule has 5 nitrogen and oxygen atoms in total. The van der Waals surface area contributed by atoms with Crippen molar-refractivity contribution >= 4 is 22.9 Å². The fourth-order valence-electron chi connectivity index (χ4n) is 1.46. The molecule has 0 radical (unpaired) electrons. The van der Waals surface area contributed by atoms with Crippen LogP contribution in [0.15, 0.2) is 17.4 Å². The number of pyridine rings is 1. The van der Waals surface area contributed by atoms with Gasteiger partial charge in [0.2, 0.25) is 5.82 Å². The average Bonchev–Trinajstić information content (AvgIpc) is 2.64. The molecule has 0 fully saturated rings. The Kier molecular flexibility index (Phi) is 1.18. The smallest absolute Gasteiger partial charge is 0.234 e. The number of rotatable bonds is 0. The third kappa shape index (κ3) is 0.769. The van der Waals surface area contributed by atoms with Crippen LogP contribution in [0.4, 0.5) is 5.82 Å². The molecule has 0 N–H and O–H groups in total. The van der Waals surface area contributed by atoms with Gasteiger partial charge in [-0.15, -0.1) is 0 Å². The van der Waals surface area contributed by atoms with Gasteiger partial charge in [-0.25, -0.2) is 9.98 Å². The van der Waals surface area contributed by atoms with Gasteiger partial charge in [-0.2, -0.15) is 10.2 Å². The molecule has 14 heavy (non-hydrogen) atoms. The van der Waals surface area contributed by atoms with Gasteiger partial charge in [0, 0.05) is 18.0 Å². The topological polar surface area (TPSA) is 74.8 Å². The molecule has 0 saturated heterocycles. The molecule has 0 spiro atoms. The summed E-state index contributed by atoms with van der Waals surface area (Å²) in [5.41, 5.74) is 1.57. The summed E-state index contributed by atoms with van der Waals surface area (Å²) in [7, 11) is 0. The molecule has 0 bridgehead atoms. The van der Waals surface area contributed by atoms with Crippen LogP contribution in [-0.4, -0.2) is 21.2 Å². The summed E-state index contributed by atoms with van der Waals surface area (Å²) >= 11 is 0. The standard InChI is InChI=1S/C9H3N5/c10-1-7-13-6-4-11-2-5-3-12-9(14-7)8(5)6/h2-4H. The fourth-order valence-corrected chi connectivity index (χ4v) is 1.46. The van der Waals surface area contributed by atoms with Crippen molar-refractivity contribution in [3.8, 4) is 6.07 Å². The summed E-state index contributed by atoms with van der Waals surface area (Å²) in [6.07, 6.45) is 5.00. The molecule has 0 atom stereocenters. The van der Waals surface area contributed by atoms with E-state index in [9.17, 15) is 0 Å². The van der Waals surface area contributed by atoms with Crippen LogP contribution in [-0.2, 0) is 0 Å². The molecule has 2 aromatic heterocycles. The van der Waals surface area contributed by atoms with Crippen molar-refractivity contribution in [3.63, 3.8) is 0 Å². The second-order valence-electron chi connectivity index (χ2n) is 2.86. The minimum absolute atomic E-state index is 0.130. The largest absolute Gasteiger partial charge is 0.262 e. The van der Waals surface area contributed by atoms with Crippen LogP contribution in [0, 0.1) is 11.3 Å². The highest BCUT2D eigenvalue weighted by Gasteiger charge is 2.14. The second-order valence-corrected chi connectivity index (χ2v) is 2.86. The van der Waals surface area contributed by atoms with E-state index in [0.29, 0.717) is 11.3 Å². The zero-order valence-corrected chi connectivity index (χ0v) is 6.97. The van der Waals surface area contributed by atoms with E-state index in [1.165, 1.54) is 0 Å². The molecule has 5 heteroatoms. The van der Waals surface area contributed by atoms with Gasteiger partial charge >= 0.3 is 0 Å². The van der Waals surface area contributed by atoms with Gasteiger partial charge in [-0.3, -0.25) is 4.98 Å². The third-order valence-electron chi connectivity index (χ3n) is 2.04. The molecule has 3 rings (SSSR count). The van der Waals surface area contributed by atoms with Gasteiger partial charge in [0.1, 0.15) is 6.07 Å². The van der Waals surface area contributed by atoms with E-state index in [-0.39, 0.29) is 5.82 Å². The second kappa shape index (κ2) is 2.33. The molecule has 1 aliphatic rings. The lowest BCUT2D eigenvalue weighted by molar-refractivity contribution is 1.14. The van der Waals surface area contributed by atoms with Crippen molar-refractivity contribution in [1.29, 1.82) is 5.26 Å². The quantitative estimate of drug-likeness (QED) is 0.517. The first-order chi connectivity index (χ1) is 6.88. The molecule has 0 aromatic carbocycles. The summed E-state index contributed by atoms with van der Waals surface area (Å²) in [5, 5.41) is 9.56. The Labute approximate surface area is 78.8 Å². The number of hydrogen-bond donors (Lipinski definition) is 0. The van der Waals surface area contributed by atoms with Crippen LogP contribution in [0.1, 0.15) is 11.4 Å². The average molecular weight is 181 g/mol. The molecule has 0 saturated carbocycles. The zero-order valence-electron chi connectivity index (χ0n) is 6.97. The maximum Gasteiger partial charge on any atom is 0.234 e. The van der Waals surface area contributed by atoms with Crippen molar-refractivity contribution in [2.75, 3.05) is 0 Å². The van der Waals surface area contributed by atoms with Crippen molar-refractivity contribution < 1.29 is 0 Å². The first-order valence-corrected chi connectivity index (χ1v) is 3.98. The van der Waals surface area contributed by atoms with Crippen molar-refractivity contribution in [3.05, 3.63) is 23.8 Å². The highest BCUT2D eigenvalue weighted by molar-refractivity contribution is 6.08. The van der Waals surface area contributed by atoms with Crippen molar-refractivity contribution in [2.24, 2.45) is 4.99 Å². The highest BCUT2D eigenvalue weighted by Crippen LogP contribution is 2.28. The molecule has 3 heterocycles. The number of aliphatic imine (C=N–C) groups is 1. The summed E-state index contributed by atoms with van der Waals surface area (Å²) in [4.78, 5) is 16.1. The van der Waals surface area contributed by atoms with E-state index in [1.54, 1.807) is 18.6 Å². The summed E-state index contributed by atoms with van der Waals surface area (Å²) in [5.74, 6) is 0.689. The predicted molar refractivity (Wildman–Crippen MR) is 49.3 cm³/mol. The molecular weight excluding hydrogens is 178 g/mol. The molecule has 0 amide bonds. The first kappa shape index (κ1) is 7.09. The van der Waals surface area contributed by atoms with Crippen molar-refractivity contribution in [1.82, 2.24) is 15.0 Å². The lowest BCUT2D eigenvalue weighted by atomic mass is 10.2. The Morgan fingerprint density at radius 1 is 1.21 bits per heavy atom. The fraction of sp³-hybridized carbons (Fsp3) is 0. The monoisotopic (exact) mass is 181 g/mol. The van der Waals surface area contributed by atoms with Gasteiger partial charge in [0.25, 0.3) is 0 Å². The number of nitrogens with zero attached hydrogens (tertiary/aromatic N) is 5. The minimum Gasteiger partial charge on any atom is -0.262 e. The van der Waals surface area contributed by atoms with E-state index in [2.05, 4.69) is 19.9 Å². The van der Waals surface area contributed by atoms with Crippen LogP contribution in [0.3, 0.4) is 0 Å². The van der Waals surface area contributed by atoms with Gasteiger partial charge in [-0.1, -0.05) is 0 Å². The van der Waals surface area contributed by atoms with Gasteiger partial charge in [0.05, 0.1) is 17.1 Å². The molecular formula is C9H3N5. The van der Waals surface area contributed by atoms with Gasteiger partial charge in [0.15, 0.2) is 5.82 Å². The summed E-state index contributed by atoms with van der Waals surface area (Å²) < 4.78 is 0. The SMILES string of the molecule is N#Cc1nc2c3c(cncc3n1)C=N2. The van der Waals surface area contributed by atoms with E-state index >= 15 is 0 Å². The summed E-state index contributed by atoms with van der Waals surface area (Å²) in [6.45, 7) is 0. The molecule has 0 aliphatic carbocycles. The third-order valence-corrected chi connectivity index (χ3v) is 2.04. The van der Waals surface area contributed by atoms with E-state index in [1.807, 2.05) is 6.07 Å².